The molecule has 2 N–H and O–H groups in total. The van der Waals surface area contributed by atoms with Gasteiger partial charge in [-0.2, -0.15) is 0 Å². The summed E-state index contributed by atoms with van der Waals surface area (Å²) in [5, 5.41) is 4.56. The van der Waals surface area contributed by atoms with E-state index in [2.05, 4.69) is 5.32 Å². The lowest BCUT2D eigenvalue weighted by molar-refractivity contribution is -0.154. The van der Waals surface area contributed by atoms with Gasteiger partial charge in [-0.1, -0.05) is 26.0 Å². The molecule has 0 aromatic heterocycles. The molecule has 1 aliphatic carbocycles. The molecule has 5 amide bonds. The molecule has 0 unspecified atom stereocenters. The van der Waals surface area contributed by atoms with Gasteiger partial charge in [-0.3, -0.25) is 29.4 Å². The molecular formula is C18H25N3O6. The van der Waals surface area contributed by atoms with Crippen molar-refractivity contribution < 1.29 is 28.7 Å². The average Bonchev–Trinajstić information content (AvgIpc) is 2.85. The smallest absolute Gasteiger partial charge is 0.326 e. The number of likely N-dealkylation sites (tertiary alicyclic amines) is 1. The molecule has 9 heteroatoms. The number of allylic oxidation sites excluding steroid dienone is 2. The number of rotatable bonds is 7. The van der Waals surface area contributed by atoms with Gasteiger partial charge < -0.3 is 10.1 Å². The van der Waals surface area contributed by atoms with Gasteiger partial charge in [0.05, 0.1) is 11.8 Å². The predicted molar refractivity (Wildman–Crippen MR) is 94.0 cm³/mol. The second kappa shape index (κ2) is 9.29. The predicted octanol–water partition coefficient (Wildman–Crippen LogP) is 0.353. The van der Waals surface area contributed by atoms with Gasteiger partial charge in [0.15, 0.2) is 6.61 Å². The van der Waals surface area contributed by atoms with E-state index in [4.69, 9.17) is 4.74 Å². The summed E-state index contributed by atoms with van der Waals surface area (Å²) in [4.78, 5) is 60.4. The molecular weight excluding hydrogens is 354 g/mol. The second-order valence-corrected chi connectivity index (χ2v) is 7.07. The van der Waals surface area contributed by atoms with Crippen LogP contribution in [0.1, 0.15) is 33.1 Å². The molecule has 1 saturated heterocycles. The van der Waals surface area contributed by atoms with Crippen LogP contribution in [0.2, 0.25) is 0 Å². The molecule has 148 valence electrons. The standard InChI is InChI=1S/C18H25N3O6/c1-11(2)7-8-19-18(26)20-14(22)10-27-15(23)9-21-16(24)12-5-3-4-6-13(12)17(21)25/h3-4,11-13H,5-10H2,1-2H3,(H2,19,20,22,26)/t12-,13-/m0/s1. The fourth-order valence-corrected chi connectivity index (χ4v) is 3.03. The van der Waals surface area contributed by atoms with Gasteiger partial charge in [-0.25, -0.2) is 4.79 Å². The fraction of sp³-hybridized carbons (Fsp3) is 0.611. The maximum atomic E-state index is 12.2. The highest BCUT2D eigenvalue weighted by Gasteiger charge is 2.47. The first-order chi connectivity index (χ1) is 12.8. The van der Waals surface area contributed by atoms with E-state index in [0.717, 1.165) is 11.3 Å². The molecule has 0 bridgehead atoms. The molecule has 2 rings (SSSR count). The Bertz CT molecular complexity index is 631. The summed E-state index contributed by atoms with van der Waals surface area (Å²) >= 11 is 0. The number of hydrogen-bond donors (Lipinski definition) is 2. The Morgan fingerprint density at radius 1 is 1.15 bits per heavy atom. The van der Waals surface area contributed by atoms with Crippen molar-refractivity contribution in [3.63, 3.8) is 0 Å². The van der Waals surface area contributed by atoms with Crippen LogP contribution >= 0.6 is 0 Å². The van der Waals surface area contributed by atoms with Crippen molar-refractivity contribution >= 4 is 29.7 Å². The van der Waals surface area contributed by atoms with Crippen LogP contribution < -0.4 is 10.6 Å². The molecule has 0 spiro atoms. The molecule has 1 heterocycles. The van der Waals surface area contributed by atoms with Crippen LogP contribution in [0, 0.1) is 17.8 Å². The van der Waals surface area contributed by atoms with Gasteiger partial charge in [0, 0.05) is 6.54 Å². The van der Waals surface area contributed by atoms with E-state index in [1.165, 1.54) is 0 Å². The lowest BCUT2D eigenvalue weighted by Gasteiger charge is -2.14. The summed E-state index contributed by atoms with van der Waals surface area (Å²) in [5.41, 5.74) is 0. The fourth-order valence-electron chi connectivity index (χ4n) is 3.03. The third-order valence-corrected chi connectivity index (χ3v) is 4.51. The maximum Gasteiger partial charge on any atom is 0.326 e. The first-order valence-corrected chi connectivity index (χ1v) is 9.03. The number of carbonyl (C=O) groups is 5. The highest BCUT2D eigenvalue weighted by atomic mass is 16.5. The Balaban J connectivity index is 1.71. The molecule has 1 aliphatic heterocycles. The molecule has 0 aromatic rings. The zero-order valence-corrected chi connectivity index (χ0v) is 15.5. The topological polar surface area (TPSA) is 122 Å². The number of esters is 1. The average molecular weight is 379 g/mol. The molecule has 27 heavy (non-hydrogen) atoms. The Morgan fingerprint density at radius 2 is 1.74 bits per heavy atom. The summed E-state index contributed by atoms with van der Waals surface area (Å²) in [6.45, 7) is 3.24. The molecule has 1 fully saturated rings. The van der Waals surface area contributed by atoms with Crippen LogP contribution in [0.3, 0.4) is 0 Å². The summed E-state index contributed by atoms with van der Waals surface area (Å²) in [5.74, 6) is -2.87. The molecule has 9 nitrogen and oxygen atoms in total. The van der Waals surface area contributed by atoms with Crippen molar-refractivity contribution in [2.24, 2.45) is 17.8 Å². The third kappa shape index (κ3) is 5.63. The van der Waals surface area contributed by atoms with Crippen molar-refractivity contribution in [3.8, 4) is 0 Å². The Labute approximate surface area is 157 Å². The van der Waals surface area contributed by atoms with E-state index >= 15 is 0 Å². The second-order valence-electron chi connectivity index (χ2n) is 7.07. The van der Waals surface area contributed by atoms with Crippen molar-refractivity contribution in [3.05, 3.63) is 12.2 Å². The molecule has 0 radical (unpaired) electrons. The molecule has 0 aromatic carbocycles. The van der Waals surface area contributed by atoms with Crippen LogP contribution in [-0.2, 0) is 23.9 Å². The van der Waals surface area contributed by atoms with Gasteiger partial charge in [0.1, 0.15) is 6.54 Å². The minimum absolute atomic E-state index is 0.389. The number of fused-ring (bicyclic) bond motifs is 1. The third-order valence-electron chi connectivity index (χ3n) is 4.51. The summed E-state index contributed by atoms with van der Waals surface area (Å²) in [6, 6.07) is -0.668. The van der Waals surface area contributed by atoms with Crippen LogP contribution in [0.25, 0.3) is 0 Å². The largest absolute Gasteiger partial charge is 0.454 e. The van der Waals surface area contributed by atoms with E-state index in [1.807, 2.05) is 31.3 Å². The lowest BCUT2D eigenvalue weighted by atomic mass is 9.85. The maximum absolute atomic E-state index is 12.2. The molecule has 2 atom stereocenters. The van der Waals surface area contributed by atoms with Gasteiger partial charge in [0.2, 0.25) is 11.8 Å². The number of urea groups is 1. The van der Waals surface area contributed by atoms with E-state index in [0.29, 0.717) is 25.3 Å². The zero-order valence-electron chi connectivity index (χ0n) is 15.5. The van der Waals surface area contributed by atoms with Gasteiger partial charge in [-0.15, -0.1) is 0 Å². The van der Waals surface area contributed by atoms with Crippen LogP contribution in [0.5, 0.6) is 0 Å². The van der Waals surface area contributed by atoms with Crippen LogP contribution in [0.15, 0.2) is 12.2 Å². The first-order valence-electron chi connectivity index (χ1n) is 9.03. The van der Waals surface area contributed by atoms with Crippen molar-refractivity contribution in [2.75, 3.05) is 19.7 Å². The van der Waals surface area contributed by atoms with Crippen LogP contribution in [0.4, 0.5) is 4.79 Å². The minimum Gasteiger partial charge on any atom is -0.454 e. The summed E-state index contributed by atoms with van der Waals surface area (Å²) in [7, 11) is 0. The Kier molecular flexibility index (Phi) is 7.09. The number of ether oxygens (including phenoxy) is 1. The number of nitrogens with zero attached hydrogens (tertiary/aromatic N) is 1. The first kappa shape index (κ1) is 20.6. The molecule has 0 saturated carbocycles. The highest BCUT2D eigenvalue weighted by molar-refractivity contribution is 6.07. The van der Waals surface area contributed by atoms with Crippen LogP contribution in [-0.4, -0.2) is 54.3 Å². The quantitative estimate of drug-likeness (QED) is 0.374. The van der Waals surface area contributed by atoms with E-state index in [-0.39, 0.29) is 11.8 Å². The number of amides is 5. The Hall–Kier alpha value is -2.71. The zero-order chi connectivity index (χ0) is 20.0. The number of imide groups is 2. The van der Waals surface area contributed by atoms with E-state index < -0.39 is 42.9 Å². The van der Waals surface area contributed by atoms with Gasteiger partial charge in [0.25, 0.3) is 5.91 Å². The normalized spacial score (nSPS) is 21.2. The molecule has 2 aliphatic rings. The van der Waals surface area contributed by atoms with Crippen molar-refractivity contribution in [2.45, 2.75) is 33.1 Å². The van der Waals surface area contributed by atoms with E-state index in [1.54, 1.807) is 0 Å². The number of carbonyl (C=O) groups excluding carboxylic acids is 5. The lowest BCUT2D eigenvalue weighted by Crippen LogP contribution is -2.42. The van der Waals surface area contributed by atoms with Gasteiger partial charge >= 0.3 is 12.0 Å². The number of nitrogens with one attached hydrogen (secondary N) is 2. The van der Waals surface area contributed by atoms with Crippen molar-refractivity contribution in [1.29, 1.82) is 0 Å². The SMILES string of the molecule is CC(C)CCNC(=O)NC(=O)COC(=O)CN1C(=O)[C@H]2CC=CC[C@@H]2C1=O. The Morgan fingerprint density at radius 3 is 2.30 bits per heavy atom. The van der Waals surface area contributed by atoms with E-state index in [9.17, 15) is 24.0 Å². The number of hydrogen-bond acceptors (Lipinski definition) is 6. The summed E-state index contributed by atoms with van der Waals surface area (Å²) < 4.78 is 4.77. The monoisotopic (exact) mass is 379 g/mol. The van der Waals surface area contributed by atoms with Gasteiger partial charge in [-0.05, 0) is 25.2 Å². The van der Waals surface area contributed by atoms with Crippen molar-refractivity contribution in [1.82, 2.24) is 15.5 Å². The minimum atomic E-state index is -0.876. The summed E-state index contributed by atoms with van der Waals surface area (Å²) in [6.07, 6.45) is 5.44. The highest BCUT2D eigenvalue weighted by Crippen LogP contribution is 2.34.